The molecule has 1 aliphatic rings. The summed E-state index contributed by atoms with van der Waals surface area (Å²) in [7, 11) is 0. The highest BCUT2D eigenvalue weighted by atomic mass is 14.8. The molecule has 1 aliphatic carbocycles. The number of para-hydroxylation sites is 1. The maximum atomic E-state index is 4.49. The van der Waals surface area contributed by atoms with E-state index in [2.05, 4.69) is 40.6 Å². The zero-order valence-electron chi connectivity index (χ0n) is 11.2. The van der Waals surface area contributed by atoms with Crippen molar-refractivity contribution in [2.24, 2.45) is 0 Å². The Morgan fingerprint density at radius 3 is 3.00 bits per heavy atom. The molecule has 1 heterocycles. The van der Waals surface area contributed by atoms with Gasteiger partial charge in [0.2, 0.25) is 0 Å². The Morgan fingerprint density at radius 1 is 1.16 bits per heavy atom. The fraction of sp³-hybridized carbons (Fsp3) is 0.353. The molecule has 0 aliphatic heterocycles. The summed E-state index contributed by atoms with van der Waals surface area (Å²) in [5.74, 6) is 0. The van der Waals surface area contributed by atoms with Gasteiger partial charge in [0, 0.05) is 18.1 Å². The van der Waals surface area contributed by atoms with Gasteiger partial charge in [-0.25, -0.2) is 0 Å². The van der Waals surface area contributed by atoms with E-state index in [1.165, 1.54) is 36.6 Å². The highest BCUT2D eigenvalue weighted by molar-refractivity contribution is 5.81. The number of fused-ring (bicyclic) bond motifs is 1. The van der Waals surface area contributed by atoms with Crippen LogP contribution in [-0.2, 0) is 6.54 Å². The zero-order chi connectivity index (χ0) is 12.9. The lowest BCUT2D eigenvalue weighted by atomic mass is 10.1. The first-order valence-electron chi connectivity index (χ1n) is 7.15. The van der Waals surface area contributed by atoms with Crippen LogP contribution in [0.15, 0.2) is 48.2 Å². The van der Waals surface area contributed by atoms with E-state index in [0.29, 0.717) is 0 Å². The van der Waals surface area contributed by atoms with Gasteiger partial charge in [-0.05, 0) is 43.9 Å². The van der Waals surface area contributed by atoms with Gasteiger partial charge in [0.15, 0.2) is 0 Å². The molecule has 0 atom stereocenters. The second-order valence-electron chi connectivity index (χ2n) is 5.17. The SMILES string of the molecule is C1=C(CCNCc2cccc3cccnc23)CCC1. The molecule has 1 N–H and O–H groups in total. The summed E-state index contributed by atoms with van der Waals surface area (Å²) in [6.45, 7) is 1.97. The van der Waals surface area contributed by atoms with Crippen LogP contribution < -0.4 is 5.32 Å². The quantitative estimate of drug-likeness (QED) is 0.646. The normalized spacial score (nSPS) is 14.8. The average molecular weight is 252 g/mol. The van der Waals surface area contributed by atoms with Crippen LogP contribution in [0.25, 0.3) is 10.9 Å². The zero-order valence-corrected chi connectivity index (χ0v) is 11.2. The van der Waals surface area contributed by atoms with E-state index in [9.17, 15) is 0 Å². The molecular weight excluding hydrogens is 232 g/mol. The molecule has 0 radical (unpaired) electrons. The number of allylic oxidation sites excluding steroid dienone is 1. The lowest BCUT2D eigenvalue weighted by Crippen LogP contribution is -2.15. The third-order valence-corrected chi connectivity index (χ3v) is 3.79. The van der Waals surface area contributed by atoms with Gasteiger partial charge < -0.3 is 5.32 Å². The van der Waals surface area contributed by atoms with Gasteiger partial charge in [-0.2, -0.15) is 0 Å². The van der Waals surface area contributed by atoms with E-state index in [0.717, 1.165) is 18.6 Å². The lowest BCUT2D eigenvalue weighted by Gasteiger charge is -2.08. The summed E-state index contributed by atoms with van der Waals surface area (Å²) in [6.07, 6.45) is 9.40. The van der Waals surface area contributed by atoms with Crippen molar-refractivity contribution in [1.29, 1.82) is 0 Å². The average Bonchev–Trinajstić information content (AvgIpc) is 2.97. The number of hydrogen-bond acceptors (Lipinski definition) is 2. The maximum Gasteiger partial charge on any atom is 0.0746 e. The molecular formula is C17H20N2. The summed E-state index contributed by atoms with van der Waals surface area (Å²) < 4.78 is 0. The summed E-state index contributed by atoms with van der Waals surface area (Å²) in [5.41, 5.74) is 4.04. The molecule has 0 spiro atoms. The Kier molecular flexibility index (Phi) is 3.89. The largest absolute Gasteiger partial charge is 0.312 e. The minimum atomic E-state index is 0.904. The van der Waals surface area contributed by atoms with E-state index in [-0.39, 0.29) is 0 Å². The Balaban J connectivity index is 1.59. The minimum Gasteiger partial charge on any atom is -0.312 e. The van der Waals surface area contributed by atoms with E-state index >= 15 is 0 Å². The van der Waals surface area contributed by atoms with Crippen LogP contribution in [0.5, 0.6) is 0 Å². The van der Waals surface area contributed by atoms with Crippen molar-refractivity contribution in [3.63, 3.8) is 0 Å². The molecule has 19 heavy (non-hydrogen) atoms. The molecule has 0 unspecified atom stereocenters. The van der Waals surface area contributed by atoms with Crippen LogP contribution in [0.2, 0.25) is 0 Å². The number of pyridine rings is 1. The summed E-state index contributed by atoms with van der Waals surface area (Å²) in [4.78, 5) is 4.49. The summed E-state index contributed by atoms with van der Waals surface area (Å²) in [6, 6.07) is 10.5. The first-order chi connectivity index (χ1) is 9.43. The van der Waals surface area contributed by atoms with E-state index in [4.69, 9.17) is 0 Å². The second kappa shape index (κ2) is 5.98. The summed E-state index contributed by atoms with van der Waals surface area (Å²) in [5, 5.41) is 4.76. The Morgan fingerprint density at radius 2 is 2.11 bits per heavy atom. The van der Waals surface area contributed by atoms with Crippen molar-refractivity contribution < 1.29 is 0 Å². The molecule has 3 rings (SSSR count). The third-order valence-electron chi connectivity index (χ3n) is 3.79. The van der Waals surface area contributed by atoms with Gasteiger partial charge in [0.1, 0.15) is 0 Å². The number of hydrogen-bond donors (Lipinski definition) is 1. The highest BCUT2D eigenvalue weighted by Gasteiger charge is 2.04. The molecule has 2 heteroatoms. The number of nitrogens with one attached hydrogen (secondary N) is 1. The topological polar surface area (TPSA) is 24.9 Å². The van der Waals surface area contributed by atoms with Crippen molar-refractivity contribution in [2.45, 2.75) is 32.2 Å². The predicted molar refractivity (Wildman–Crippen MR) is 80.0 cm³/mol. The Labute approximate surface area is 114 Å². The van der Waals surface area contributed by atoms with Crippen LogP contribution in [-0.4, -0.2) is 11.5 Å². The van der Waals surface area contributed by atoms with Gasteiger partial charge in [0.05, 0.1) is 5.52 Å². The molecule has 0 amide bonds. The van der Waals surface area contributed by atoms with Crippen LogP contribution in [0.1, 0.15) is 31.2 Å². The molecule has 0 fully saturated rings. The molecule has 2 nitrogen and oxygen atoms in total. The fourth-order valence-corrected chi connectivity index (χ4v) is 2.75. The number of rotatable bonds is 5. The predicted octanol–water partition coefficient (Wildman–Crippen LogP) is 3.82. The maximum absolute atomic E-state index is 4.49. The number of aromatic nitrogens is 1. The molecule has 2 aromatic rings. The van der Waals surface area contributed by atoms with Crippen LogP contribution in [0, 0.1) is 0 Å². The molecule has 98 valence electrons. The second-order valence-corrected chi connectivity index (χ2v) is 5.17. The third kappa shape index (κ3) is 3.02. The van der Waals surface area contributed by atoms with Crippen LogP contribution in [0.3, 0.4) is 0 Å². The minimum absolute atomic E-state index is 0.904. The van der Waals surface area contributed by atoms with Crippen LogP contribution >= 0.6 is 0 Å². The van der Waals surface area contributed by atoms with Gasteiger partial charge in [-0.1, -0.05) is 35.9 Å². The van der Waals surface area contributed by atoms with Crippen molar-refractivity contribution in [2.75, 3.05) is 6.54 Å². The molecule has 1 aromatic heterocycles. The van der Waals surface area contributed by atoms with Gasteiger partial charge >= 0.3 is 0 Å². The first-order valence-corrected chi connectivity index (χ1v) is 7.15. The molecule has 0 saturated heterocycles. The number of nitrogens with zero attached hydrogens (tertiary/aromatic N) is 1. The van der Waals surface area contributed by atoms with Crippen molar-refractivity contribution in [3.05, 3.63) is 53.7 Å². The van der Waals surface area contributed by atoms with E-state index in [1.54, 1.807) is 5.57 Å². The first kappa shape index (κ1) is 12.4. The van der Waals surface area contributed by atoms with Crippen molar-refractivity contribution >= 4 is 10.9 Å². The molecule has 0 saturated carbocycles. The summed E-state index contributed by atoms with van der Waals surface area (Å²) >= 11 is 0. The van der Waals surface area contributed by atoms with Crippen molar-refractivity contribution in [1.82, 2.24) is 10.3 Å². The van der Waals surface area contributed by atoms with Gasteiger partial charge in [0.25, 0.3) is 0 Å². The standard InChI is InChI=1S/C17H20N2/c1-2-6-14(5-1)10-12-18-13-16-8-3-7-15-9-4-11-19-17(15)16/h3-5,7-9,11,18H,1-2,6,10,12-13H2. The lowest BCUT2D eigenvalue weighted by molar-refractivity contribution is 0.678. The molecule has 1 aromatic carbocycles. The number of benzene rings is 1. The smallest absolute Gasteiger partial charge is 0.0746 e. The molecule has 0 bridgehead atoms. The Hall–Kier alpha value is -1.67. The highest BCUT2D eigenvalue weighted by Crippen LogP contribution is 2.20. The van der Waals surface area contributed by atoms with E-state index in [1.807, 2.05) is 12.3 Å². The van der Waals surface area contributed by atoms with E-state index < -0.39 is 0 Å². The van der Waals surface area contributed by atoms with Crippen LogP contribution in [0.4, 0.5) is 0 Å². The fourth-order valence-electron chi connectivity index (χ4n) is 2.75. The van der Waals surface area contributed by atoms with Crippen molar-refractivity contribution in [3.8, 4) is 0 Å². The monoisotopic (exact) mass is 252 g/mol. The van der Waals surface area contributed by atoms with Gasteiger partial charge in [-0.3, -0.25) is 4.98 Å². The Bertz CT molecular complexity index is 581. The van der Waals surface area contributed by atoms with Gasteiger partial charge in [-0.15, -0.1) is 0 Å².